The second kappa shape index (κ2) is 10.7. The maximum Gasteiger partial charge on any atom is 0.325 e. The molecule has 3 amide bonds. The predicted octanol–water partition coefficient (Wildman–Crippen LogP) is 4.78. The highest BCUT2D eigenvalue weighted by molar-refractivity contribution is 6.07. The van der Waals surface area contributed by atoms with Crippen LogP contribution in [0.4, 0.5) is 4.79 Å². The molecule has 0 aliphatic carbocycles. The number of imide groups is 1. The summed E-state index contributed by atoms with van der Waals surface area (Å²) < 4.78 is 5.75. The van der Waals surface area contributed by atoms with E-state index in [4.69, 9.17) is 4.74 Å². The first-order chi connectivity index (χ1) is 18.0. The largest absolute Gasteiger partial charge is 0.491 e. The molecule has 6 heteroatoms. The molecular weight excluding hydrogens is 464 g/mol. The zero-order valence-corrected chi connectivity index (χ0v) is 20.3. The number of benzene rings is 4. The number of nitrogens with zero attached hydrogens (tertiary/aromatic N) is 1. The van der Waals surface area contributed by atoms with Crippen LogP contribution >= 0.6 is 0 Å². The molecule has 0 radical (unpaired) electrons. The van der Waals surface area contributed by atoms with Crippen molar-refractivity contribution in [2.45, 2.75) is 18.1 Å². The fourth-order valence-corrected chi connectivity index (χ4v) is 4.66. The summed E-state index contributed by atoms with van der Waals surface area (Å²) in [7, 11) is 0. The molecule has 2 unspecified atom stereocenters. The quantitative estimate of drug-likeness (QED) is 0.330. The van der Waals surface area contributed by atoms with Gasteiger partial charge in [-0.15, -0.1) is 0 Å². The molecule has 0 saturated carbocycles. The van der Waals surface area contributed by atoms with Gasteiger partial charge in [-0.1, -0.05) is 103 Å². The number of aliphatic hydroxyl groups is 1. The van der Waals surface area contributed by atoms with Crippen LogP contribution in [-0.2, 0) is 16.8 Å². The van der Waals surface area contributed by atoms with E-state index in [1.807, 2.05) is 115 Å². The highest BCUT2D eigenvalue weighted by Crippen LogP contribution is 2.33. The van der Waals surface area contributed by atoms with Crippen molar-refractivity contribution in [1.82, 2.24) is 10.2 Å². The average molecular weight is 493 g/mol. The van der Waals surface area contributed by atoms with Crippen molar-refractivity contribution in [1.29, 1.82) is 0 Å². The first-order valence-corrected chi connectivity index (χ1v) is 12.2. The number of rotatable bonds is 9. The molecule has 37 heavy (non-hydrogen) atoms. The molecule has 1 aliphatic rings. The number of β-amino-alcohol motifs (C(OH)–C–C–N with tert-alkyl or cyclic N) is 1. The van der Waals surface area contributed by atoms with Crippen LogP contribution in [0.3, 0.4) is 0 Å². The van der Waals surface area contributed by atoms with E-state index in [-0.39, 0.29) is 19.1 Å². The van der Waals surface area contributed by atoms with Crippen molar-refractivity contribution in [3.63, 3.8) is 0 Å². The zero-order valence-electron chi connectivity index (χ0n) is 20.3. The number of amides is 3. The van der Waals surface area contributed by atoms with Gasteiger partial charge in [0.25, 0.3) is 5.91 Å². The first kappa shape index (κ1) is 24.3. The Bertz CT molecular complexity index is 1340. The number of urea groups is 1. The van der Waals surface area contributed by atoms with Crippen LogP contribution in [0, 0.1) is 0 Å². The van der Waals surface area contributed by atoms with Crippen molar-refractivity contribution >= 4 is 11.9 Å². The van der Waals surface area contributed by atoms with Crippen molar-refractivity contribution in [2.24, 2.45) is 0 Å². The minimum atomic E-state index is -1.24. The second-order valence-electron chi connectivity index (χ2n) is 9.13. The summed E-state index contributed by atoms with van der Waals surface area (Å²) in [5.74, 6) is 0.206. The topological polar surface area (TPSA) is 78.9 Å². The van der Waals surface area contributed by atoms with E-state index < -0.39 is 17.7 Å². The Morgan fingerprint density at radius 2 is 1.32 bits per heavy atom. The minimum absolute atomic E-state index is 0.0568. The fraction of sp³-hybridized carbons (Fsp3) is 0.161. The summed E-state index contributed by atoms with van der Waals surface area (Å²) in [6.45, 7) is -0.227. The number of hydrogen-bond acceptors (Lipinski definition) is 4. The van der Waals surface area contributed by atoms with Gasteiger partial charge < -0.3 is 15.2 Å². The molecule has 6 nitrogen and oxygen atoms in total. The number of carbonyl (C=O) groups excluding carboxylic acids is 2. The molecule has 1 heterocycles. The van der Waals surface area contributed by atoms with E-state index in [1.165, 1.54) is 0 Å². The molecule has 0 bridgehead atoms. The summed E-state index contributed by atoms with van der Waals surface area (Å²) >= 11 is 0. The lowest BCUT2D eigenvalue weighted by atomic mass is 9.83. The summed E-state index contributed by atoms with van der Waals surface area (Å²) in [5.41, 5.74) is 2.54. The van der Waals surface area contributed by atoms with Crippen LogP contribution < -0.4 is 10.1 Å². The molecule has 2 N–H and O–H groups in total. The van der Waals surface area contributed by atoms with Gasteiger partial charge in [0.15, 0.2) is 5.54 Å². The third-order valence-corrected chi connectivity index (χ3v) is 6.55. The van der Waals surface area contributed by atoms with E-state index in [9.17, 15) is 14.7 Å². The maximum atomic E-state index is 13.7. The van der Waals surface area contributed by atoms with E-state index in [0.29, 0.717) is 17.7 Å². The smallest absolute Gasteiger partial charge is 0.325 e. The number of aliphatic hydroxyl groups excluding tert-OH is 1. The molecule has 186 valence electrons. The van der Waals surface area contributed by atoms with Gasteiger partial charge in [-0.25, -0.2) is 4.79 Å². The molecule has 4 aromatic rings. The third kappa shape index (κ3) is 5.25. The third-order valence-electron chi connectivity index (χ3n) is 6.55. The van der Waals surface area contributed by atoms with Gasteiger partial charge in [0.1, 0.15) is 18.5 Å². The SMILES string of the molecule is O=C1NC(Cc2ccccc2)(c2ccccc2)C(=O)N1CC(O)COc1ccc(-c2ccccc2)cc1. The van der Waals surface area contributed by atoms with Crippen LogP contribution in [0.25, 0.3) is 11.1 Å². The number of nitrogens with one attached hydrogen (secondary N) is 1. The Kier molecular flexibility index (Phi) is 7.01. The number of carbonyl (C=O) groups is 2. The van der Waals surface area contributed by atoms with Gasteiger partial charge in [-0.3, -0.25) is 9.69 Å². The predicted molar refractivity (Wildman–Crippen MR) is 142 cm³/mol. The Morgan fingerprint density at radius 1 is 0.757 bits per heavy atom. The van der Waals surface area contributed by atoms with E-state index in [0.717, 1.165) is 21.6 Å². The lowest BCUT2D eigenvalue weighted by Gasteiger charge is -2.28. The van der Waals surface area contributed by atoms with Crippen LogP contribution in [0.5, 0.6) is 5.75 Å². The lowest BCUT2D eigenvalue weighted by molar-refractivity contribution is -0.132. The Balaban J connectivity index is 1.27. The van der Waals surface area contributed by atoms with Crippen molar-refractivity contribution in [3.8, 4) is 16.9 Å². The molecule has 4 aromatic carbocycles. The monoisotopic (exact) mass is 492 g/mol. The normalized spacial score (nSPS) is 17.9. The van der Waals surface area contributed by atoms with E-state index >= 15 is 0 Å². The standard InChI is InChI=1S/C31H28N2O4/c34-27(22-37-28-18-16-25(17-19-28)24-12-6-2-7-13-24)21-33-29(35)31(32-30(33)36,26-14-8-3-9-15-26)20-23-10-4-1-5-11-23/h1-19,27,34H,20-22H2,(H,32,36). The molecule has 2 atom stereocenters. The van der Waals surface area contributed by atoms with Crippen molar-refractivity contribution in [2.75, 3.05) is 13.2 Å². The van der Waals surface area contributed by atoms with Gasteiger partial charge >= 0.3 is 6.03 Å². The molecule has 0 spiro atoms. The molecule has 0 aromatic heterocycles. The van der Waals surface area contributed by atoms with Gasteiger partial charge in [0.2, 0.25) is 0 Å². The first-order valence-electron chi connectivity index (χ1n) is 12.2. The van der Waals surface area contributed by atoms with Crippen LogP contribution in [0.2, 0.25) is 0 Å². The summed E-state index contributed by atoms with van der Waals surface area (Å²) in [4.78, 5) is 27.8. The second-order valence-corrected chi connectivity index (χ2v) is 9.13. The maximum absolute atomic E-state index is 13.7. The average Bonchev–Trinajstić information content (AvgIpc) is 3.18. The van der Waals surface area contributed by atoms with E-state index in [2.05, 4.69) is 5.32 Å². The van der Waals surface area contributed by atoms with Gasteiger partial charge in [0.05, 0.1) is 6.54 Å². The lowest BCUT2D eigenvalue weighted by Crippen LogP contribution is -2.46. The number of hydrogen-bond donors (Lipinski definition) is 2. The molecule has 5 rings (SSSR count). The summed E-state index contributed by atoms with van der Waals surface area (Å²) in [5, 5.41) is 13.6. The Labute approximate surface area is 216 Å². The Hall–Kier alpha value is -4.42. The molecule has 1 aliphatic heterocycles. The summed E-state index contributed by atoms with van der Waals surface area (Å²) in [6.07, 6.45) is -0.744. The van der Waals surface area contributed by atoms with Crippen LogP contribution in [0.1, 0.15) is 11.1 Å². The van der Waals surface area contributed by atoms with Gasteiger partial charge in [-0.05, 0) is 34.4 Å². The molecule has 1 saturated heterocycles. The van der Waals surface area contributed by atoms with Crippen molar-refractivity contribution in [3.05, 3.63) is 126 Å². The molecule has 1 fully saturated rings. The summed E-state index contributed by atoms with van der Waals surface area (Å²) in [6, 6.07) is 35.8. The Morgan fingerprint density at radius 3 is 1.97 bits per heavy atom. The number of ether oxygens (including phenoxy) is 1. The van der Waals surface area contributed by atoms with Crippen LogP contribution in [-0.4, -0.2) is 41.2 Å². The molecular formula is C31H28N2O4. The van der Waals surface area contributed by atoms with Crippen LogP contribution in [0.15, 0.2) is 115 Å². The zero-order chi connectivity index (χ0) is 25.7. The van der Waals surface area contributed by atoms with E-state index in [1.54, 1.807) is 0 Å². The van der Waals surface area contributed by atoms with Gasteiger partial charge in [-0.2, -0.15) is 0 Å². The minimum Gasteiger partial charge on any atom is -0.491 e. The highest BCUT2D eigenvalue weighted by atomic mass is 16.5. The highest BCUT2D eigenvalue weighted by Gasteiger charge is 2.52. The fourth-order valence-electron chi connectivity index (χ4n) is 4.66. The van der Waals surface area contributed by atoms with Crippen molar-refractivity contribution < 1.29 is 19.4 Å². The van der Waals surface area contributed by atoms with Gasteiger partial charge in [0, 0.05) is 6.42 Å².